The van der Waals surface area contributed by atoms with Gasteiger partial charge in [-0.15, -0.1) is 0 Å². The molecular weight excluding hydrogens is 804 g/mol. The zero-order valence-electron chi connectivity index (χ0n) is 40.7. The summed E-state index contributed by atoms with van der Waals surface area (Å²) in [6.45, 7) is 27.4. The lowest BCUT2D eigenvalue weighted by molar-refractivity contribution is 0.834. The molecule has 1 heterocycles. The topological polar surface area (TPSA) is 27.6 Å². The molecule has 1 aliphatic rings. The predicted octanol–water partition coefficient (Wildman–Crippen LogP) is 16.8. The number of aryl methyl sites for hydroxylation is 4. The van der Waals surface area contributed by atoms with E-state index in [-0.39, 0.29) is 5.56 Å². The predicted molar refractivity (Wildman–Crippen MR) is 286 cm³/mol. The highest BCUT2D eigenvalue weighted by Gasteiger charge is 2.47. The molecular formula is C60H66BN3P. The lowest BCUT2D eigenvalue weighted by atomic mass is 9.79. The van der Waals surface area contributed by atoms with Crippen molar-refractivity contribution in [1.82, 2.24) is 0 Å². The Morgan fingerprint density at radius 1 is 0.523 bits per heavy atom. The Morgan fingerprint density at radius 3 is 1.46 bits per heavy atom. The summed E-state index contributed by atoms with van der Waals surface area (Å²) in [5, 5.41) is 5.44. The summed E-state index contributed by atoms with van der Waals surface area (Å²) in [5.74, 6) is 2.20. The number of aliphatic imine (C=N–C) groups is 1. The molecule has 0 saturated carbocycles. The van der Waals surface area contributed by atoms with Gasteiger partial charge in [0.1, 0.15) is 5.84 Å². The molecule has 0 aliphatic carbocycles. The van der Waals surface area contributed by atoms with Crippen molar-refractivity contribution in [3.05, 3.63) is 201 Å². The molecule has 0 aromatic heterocycles. The second kappa shape index (κ2) is 19.4. The van der Waals surface area contributed by atoms with Crippen LogP contribution in [0.2, 0.25) is 0 Å². The maximum absolute atomic E-state index is 5.64. The lowest BCUT2D eigenvalue weighted by Gasteiger charge is -2.52. The van der Waals surface area contributed by atoms with Crippen LogP contribution in [-0.4, -0.2) is 13.3 Å². The van der Waals surface area contributed by atoms with E-state index in [1.165, 1.54) is 83.3 Å². The number of anilines is 2. The first-order chi connectivity index (χ1) is 31.2. The zero-order valence-corrected chi connectivity index (χ0v) is 41.6. The molecule has 0 amide bonds. The quantitative estimate of drug-likeness (QED) is 0.0573. The molecule has 2 atom stereocenters. The molecule has 329 valence electrons. The van der Waals surface area contributed by atoms with Crippen LogP contribution >= 0.6 is 8.07 Å². The second-order valence-electron chi connectivity index (χ2n) is 19.5. The van der Waals surface area contributed by atoms with Gasteiger partial charge in [0.15, 0.2) is 0 Å². The van der Waals surface area contributed by atoms with Gasteiger partial charge in [0.25, 0.3) is 7.41 Å². The zero-order chi connectivity index (χ0) is 46.1. The van der Waals surface area contributed by atoms with Gasteiger partial charge < -0.3 is 9.90 Å². The van der Waals surface area contributed by atoms with Gasteiger partial charge >= 0.3 is 0 Å². The van der Waals surface area contributed by atoms with Crippen molar-refractivity contribution in [1.29, 1.82) is 0 Å². The van der Waals surface area contributed by atoms with Gasteiger partial charge in [-0.1, -0.05) is 217 Å². The third-order valence-electron chi connectivity index (χ3n) is 12.8. The van der Waals surface area contributed by atoms with Crippen molar-refractivity contribution >= 4 is 43.7 Å². The summed E-state index contributed by atoms with van der Waals surface area (Å²) in [6.07, 6.45) is 0. The van der Waals surface area contributed by atoms with Crippen LogP contribution in [0.25, 0.3) is 22.3 Å². The van der Waals surface area contributed by atoms with Crippen LogP contribution in [-0.2, 0) is 0 Å². The molecule has 0 spiro atoms. The van der Waals surface area contributed by atoms with Crippen LogP contribution in [0.5, 0.6) is 0 Å². The van der Waals surface area contributed by atoms with Gasteiger partial charge in [0.2, 0.25) is 0 Å². The van der Waals surface area contributed by atoms with Gasteiger partial charge in [-0.2, -0.15) is 0 Å². The first-order valence-electron chi connectivity index (χ1n) is 23.7. The number of nitrogens with one attached hydrogen (secondary N) is 1. The van der Waals surface area contributed by atoms with Gasteiger partial charge in [-0.25, -0.2) is 4.99 Å². The van der Waals surface area contributed by atoms with Crippen LogP contribution in [0.3, 0.4) is 0 Å². The van der Waals surface area contributed by atoms with Crippen LogP contribution in [0.1, 0.15) is 140 Å². The number of para-hydroxylation sites is 3. The summed E-state index contributed by atoms with van der Waals surface area (Å²) in [6, 6.07) is 54.5. The minimum Gasteiger partial charge on any atom is -0.394 e. The summed E-state index contributed by atoms with van der Waals surface area (Å²) < 4.78 is 2.72. The number of benzene rings is 7. The van der Waals surface area contributed by atoms with Crippen molar-refractivity contribution in [3.8, 4) is 22.3 Å². The molecule has 1 radical (unpaired) electrons. The van der Waals surface area contributed by atoms with Crippen molar-refractivity contribution < 1.29 is 0 Å². The van der Waals surface area contributed by atoms with Crippen LogP contribution < -0.4 is 15.2 Å². The molecule has 5 heteroatoms. The van der Waals surface area contributed by atoms with Gasteiger partial charge in [-0.3, -0.25) is 0 Å². The smallest absolute Gasteiger partial charge is 0.266 e. The van der Waals surface area contributed by atoms with Crippen molar-refractivity contribution in [3.63, 3.8) is 0 Å². The SMILES string of the molecule is Cc1cc(C)cc(-c2cccc(-c3cc(C)cc(C)c3)c2P2[C@@H](c3ccccc3NC(=Nc3c(C(C)C)cccc3C(C)C)c3ccccc3)[B]N2c2c(C(C)C)cccc2C(C)C)c1. The van der Waals surface area contributed by atoms with Crippen LogP contribution in [0.4, 0.5) is 17.1 Å². The third kappa shape index (κ3) is 9.53. The number of rotatable bonds is 12. The average Bonchev–Trinajstić information content (AvgIpc) is 3.25. The number of nitrogens with zero attached hydrogens (tertiary/aromatic N) is 2. The molecule has 1 N–H and O–H groups in total. The standard InChI is InChI=1S/C60H66BN3P/c1-37(2)48-24-18-25-49(38(3)4)56(48)63-60(45-21-14-13-15-22-45)62-55-30-17-16-23-54(55)59-61-64(57-50(39(5)6)26-19-27-51(57)40(7)8)65(59)58-52(46-33-41(9)31-42(10)34-46)28-20-29-53(58)47-35-43(11)32-44(12)36-47/h13-40,59H,1-12H3,(H,62,63)/t59-,65?/m0/s1. The van der Waals surface area contributed by atoms with E-state index in [2.05, 4.69) is 246 Å². The Kier molecular flexibility index (Phi) is 13.7. The van der Waals surface area contributed by atoms with Gasteiger partial charge in [0, 0.05) is 35.9 Å². The average molecular weight is 871 g/mol. The Bertz CT molecular complexity index is 2690. The molecule has 7 aromatic carbocycles. The maximum Gasteiger partial charge on any atom is 0.266 e. The fourth-order valence-corrected chi connectivity index (χ4v) is 12.7. The van der Waals surface area contributed by atoms with Crippen molar-refractivity contribution in [2.75, 3.05) is 9.90 Å². The molecule has 1 unspecified atom stereocenters. The minimum atomic E-state index is -1.05. The highest BCUT2D eigenvalue weighted by molar-refractivity contribution is 7.75. The molecule has 1 saturated heterocycles. The molecule has 8 rings (SSSR count). The molecule has 65 heavy (non-hydrogen) atoms. The minimum absolute atomic E-state index is 0.0943. The maximum atomic E-state index is 5.64. The van der Waals surface area contributed by atoms with E-state index in [0.29, 0.717) is 23.7 Å². The first kappa shape index (κ1) is 45.9. The fraction of sp³-hybridized carbons (Fsp3) is 0.283. The Hall–Kier alpha value is -5.70. The summed E-state index contributed by atoms with van der Waals surface area (Å²) in [5.41, 5.74) is 21.5. The summed E-state index contributed by atoms with van der Waals surface area (Å²) in [4.78, 5) is 5.64. The van der Waals surface area contributed by atoms with E-state index in [4.69, 9.17) is 4.99 Å². The monoisotopic (exact) mass is 871 g/mol. The second-order valence-corrected chi connectivity index (χ2v) is 21.6. The molecule has 0 bridgehead atoms. The van der Waals surface area contributed by atoms with E-state index >= 15 is 0 Å². The van der Waals surface area contributed by atoms with E-state index in [1.54, 1.807) is 0 Å². The summed E-state index contributed by atoms with van der Waals surface area (Å²) >= 11 is 0. The normalized spacial score (nSPS) is 15.2. The highest BCUT2D eigenvalue weighted by atomic mass is 31.1. The van der Waals surface area contributed by atoms with Crippen molar-refractivity contribution in [2.45, 2.75) is 112 Å². The molecule has 1 fully saturated rings. The van der Waals surface area contributed by atoms with E-state index in [0.717, 1.165) is 22.8 Å². The Morgan fingerprint density at radius 2 is 0.969 bits per heavy atom. The Balaban J connectivity index is 1.39. The molecule has 7 aromatic rings. The van der Waals surface area contributed by atoms with E-state index in [9.17, 15) is 0 Å². The Labute approximate surface area is 392 Å². The summed E-state index contributed by atoms with van der Waals surface area (Å²) in [7, 11) is 1.49. The van der Waals surface area contributed by atoms with Crippen molar-refractivity contribution in [2.24, 2.45) is 4.99 Å². The number of hydrogen-bond acceptors (Lipinski definition) is 2. The lowest BCUT2D eigenvalue weighted by Crippen LogP contribution is -2.45. The number of hydrogen-bond donors (Lipinski definition) is 1. The largest absolute Gasteiger partial charge is 0.394 e. The molecule has 3 nitrogen and oxygen atoms in total. The van der Waals surface area contributed by atoms with Crippen LogP contribution in [0, 0.1) is 27.7 Å². The van der Waals surface area contributed by atoms with Gasteiger partial charge in [-0.05, 0) is 108 Å². The fourth-order valence-electron chi connectivity index (χ4n) is 9.78. The highest BCUT2D eigenvalue weighted by Crippen LogP contribution is 2.67. The van der Waals surface area contributed by atoms with Crippen LogP contribution in [0.15, 0.2) is 151 Å². The van der Waals surface area contributed by atoms with E-state index in [1.807, 2.05) is 0 Å². The third-order valence-corrected chi connectivity index (χ3v) is 15.5. The first-order valence-corrected chi connectivity index (χ1v) is 25.1. The van der Waals surface area contributed by atoms with Gasteiger partial charge in [0.05, 0.1) is 5.69 Å². The van der Waals surface area contributed by atoms with E-state index < -0.39 is 8.07 Å². The number of amidine groups is 1. The molecule has 1 aliphatic heterocycles.